The highest BCUT2D eigenvalue weighted by molar-refractivity contribution is 9.09. The highest BCUT2D eigenvalue weighted by atomic mass is 79.9. The summed E-state index contributed by atoms with van der Waals surface area (Å²) in [5.41, 5.74) is -4.00. The first-order chi connectivity index (χ1) is 15.9. The van der Waals surface area contributed by atoms with Crippen molar-refractivity contribution in [2.75, 3.05) is 11.4 Å². The Balaban J connectivity index is 2.04. The van der Waals surface area contributed by atoms with Crippen LogP contribution in [0.15, 0.2) is 41.0 Å². The Hall–Kier alpha value is -2.58. The zero-order valence-corrected chi connectivity index (χ0v) is 19.6. The molecule has 0 spiro atoms. The van der Waals surface area contributed by atoms with Gasteiger partial charge in [-0.2, -0.15) is 44.3 Å². The van der Waals surface area contributed by atoms with Crippen molar-refractivity contribution >= 4 is 21.9 Å². The molecule has 0 N–H and O–H groups in total. The molecule has 5 nitrogen and oxygen atoms in total. The average Bonchev–Trinajstić information content (AvgIpc) is 3.13. The van der Waals surface area contributed by atoms with Crippen LogP contribution >= 0.6 is 15.9 Å². The van der Waals surface area contributed by atoms with Gasteiger partial charge in [0.05, 0.1) is 23.7 Å². The van der Waals surface area contributed by atoms with E-state index in [4.69, 9.17) is 0 Å². The lowest BCUT2D eigenvalue weighted by Crippen LogP contribution is -2.31. The molecule has 0 fully saturated rings. The summed E-state index contributed by atoms with van der Waals surface area (Å²) in [5, 5.41) is 11.3. The second kappa shape index (κ2) is 9.47. The van der Waals surface area contributed by atoms with Crippen molar-refractivity contribution < 1.29 is 39.5 Å². The average molecular weight is 578 g/mol. The van der Waals surface area contributed by atoms with Gasteiger partial charge in [-0.25, -0.2) is 0 Å². The minimum absolute atomic E-state index is 0.00416. The van der Waals surface area contributed by atoms with Gasteiger partial charge in [0.15, 0.2) is 0 Å². The minimum Gasteiger partial charge on any atom is -0.330 e. The van der Waals surface area contributed by atoms with Crippen LogP contribution in [0.1, 0.15) is 30.0 Å². The lowest BCUT2D eigenvalue weighted by molar-refractivity contribution is -0.143. The molecule has 3 rings (SSSR count). The first-order valence-electron chi connectivity index (χ1n) is 9.84. The van der Waals surface area contributed by atoms with Crippen molar-refractivity contribution in [3.05, 3.63) is 57.7 Å². The highest BCUT2D eigenvalue weighted by Gasteiger charge is 2.39. The summed E-state index contributed by atoms with van der Waals surface area (Å²) in [6.07, 6.45) is -13.8. The number of aryl methyl sites for hydroxylation is 1. The zero-order chi connectivity index (χ0) is 26.3. The molecule has 1 aromatic heterocycles. The standard InChI is InChI=1S/C20H17BrF9N5/c1-10-3-16(21)12(6-15(10)20(28,29)30)9-35(17-31-33-34(2)32-17)8-11-4-13(18(22,23)24)7-14(5-11)19(25,26)27/h4-7,16H,3,8-9H2,1-2H3. The van der Waals surface area contributed by atoms with E-state index in [0.717, 1.165) is 15.8 Å². The number of hydrogen-bond donors (Lipinski definition) is 0. The van der Waals surface area contributed by atoms with Crippen molar-refractivity contribution in [1.29, 1.82) is 0 Å². The van der Waals surface area contributed by atoms with Gasteiger partial charge in [0.2, 0.25) is 0 Å². The van der Waals surface area contributed by atoms with Crippen LogP contribution in [0.5, 0.6) is 0 Å². The summed E-state index contributed by atoms with van der Waals surface area (Å²) in [7, 11) is 1.38. The van der Waals surface area contributed by atoms with Crippen LogP contribution in [0.3, 0.4) is 0 Å². The van der Waals surface area contributed by atoms with Gasteiger partial charge in [0.25, 0.3) is 5.95 Å². The van der Waals surface area contributed by atoms with Crippen molar-refractivity contribution in [2.24, 2.45) is 7.05 Å². The molecular weight excluding hydrogens is 561 g/mol. The fourth-order valence-corrected chi connectivity index (χ4v) is 4.29. The number of nitrogens with zero attached hydrogens (tertiary/aromatic N) is 5. The molecule has 15 heteroatoms. The Bertz CT molecular complexity index is 1110. The third-order valence-electron chi connectivity index (χ3n) is 5.16. The first kappa shape index (κ1) is 27.0. The van der Waals surface area contributed by atoms with Gasteiger partial charge >= 0.3 is 18.5 Å². The largest absolute Gasteiger partial charge is 0.416 e. The molecule has 1 aliphatic rings. The molecule has 1 atom stereocenters. The Morgan fingerprint density at radius 3 is 1.97 bits per heavy atom. The molecular formula is C20H17BrF9N5. The molecule has 0 radical (unpaired) electrons. The monoisotopic (exact) mass is 577 g/mol. The van der Waals surface area contributed by atoms with Gasteiger partial charge in [-0.15, -0.1) is 5.10 Å². The minimum atomic E-state index is -5.05. The van der Waals surface area contributed by atoms with Gasteiger partial charge in [0, 0.05) is 17.9 Å². The quantitative estimate of drug-likeness (QED) is 0.312. The van der Waals surface area contributed by atoms with E-state index in [1.165, 1.54) is 14.0 Å². The van der Waals surface area contributed by atoms with E-state index in [2.05, 4.69) is 31.3 Å². The van der Waals surface area contributed by atoms with E-state index < -0.39 is 46.6 Å². The third kappa shape index (κ3) is 6.55. The number of hydrogen-bond acceptors (Lipinski definition) is 4. The summed E-state index contributed by atoms with van der Waals surface area (Å²) >= 11 is 3.30. The lowest BCUT2D eigenvalue weighted by atomic mass is 9.92. The third-order valence-corrected chi connectivity index (χ3v) is 6.07. The Morgan fingerprint density at radius 2 is 1.51 bits per heavy atom. The van der Waals surface area contributed by atoms with Gasteiger partial charge < -0.3 is 4.90 Å². The van der Waals surface area contributed by atoms with Gasteiger partial charge in [-0.3, -0.25) is 0 Å². The van der Waals surface area contributed by atoms with E-state index in [0.29, 0.717) is 12.1 Å². The van der Waals surface area contributed by atoms with Crippen molar-refractivity contribution in [3.8, 4) is 0 Å². The molecule has 0 amide bonds. The second-order valence-electron chi connectivity index (χ2n) is 7.93. The zero-order valence-electron chi connectivity index (χ0n) is 18.0. The van der Waals surface area contributed by atoms with Crippen LogP contribution in [0.25, 0.3) is 0 Å². The molecule has 0 bridgehead atoms. The van der Waals surface area contributed by atoms with Crippen molar-refractivity contribution in [3.63, 3.8) is 0 Å². The molecule has 0 saturated carbocycles. The number of anilines is 1. The van der Waals surface area contributed by atoms with Crippen molar-refractivity contribution in [2.45, 2.75) is 43.2 Å². The molecule has 0 aliphatic heterocycles. The van der Waals surface area contributed by atoms with E-state index >= 15 is 0 Å². The fourth-order valence-electron chi connectivity index (χ4n) is 3.53. The predicted molar refractivity (Wildman–Crippen MR) is 110 cm³/mol. The number of tetrazole rings is 1. The number of alkyl halides is 10. The number of benzene rings is 1. The van der Waals surface area contributed by atoms with Gasteiger partial charge in [-0.05, 0) is 54.0 Å². The van der Waals surface area contributed by atoms with Crippen LogP contribution in [0.2, 0.25) is 0 Å². The van der Waals surface area contributed by atoms with Crippen LogP contribution in [0, 0.1) is 0 Å². The molecule has 1 aliphatic carbocycles. The molecule has 35 heavy (non-hydrogen) atoms. The summed E-state index contributed by atoms with van der Waals surface area (Å²) in [5.74, 6) is -0.182. The number of halogens is 10. The molecule has 0 saturated heterocycles. The summed E-state index contributed by atoms with van der Waals surface area (Å²) in [4.78, 5) is 1.61. The number of rotatable bonds is 5. The number of allylic oxidation sites excluding steroid dienone is 3. The summed E-state index contributed by atoms with van der Waals surface area (Å²) in [6.45, 7) is 0.458. The van der Waals surface area contributed by atoms with Gasteiger partial charge in [0.1, 0.15) is 0 Å². The number of aromatic nitrogens is 4. The lowest BCUT2D eigenvalue weighted by Gasteiger charge is -2.29. The molecule has 192 valence electrons. The molecule has 1 unspecified atom stereocenters. The van der Waals surface area contributed by atoms with E-state index in [1.807, 2.05) is 0 Å². The maximum Gasteiger partial charge on any atom is 0.416 e. The van der Waals surface area contributed by atoms with Gasteiger partial charge in [-0.1, -0.05) is 26.6 Å². The Labute approximate surface area is 201 Å². The van der Waals surface area contributed by atoms with E-state index in [9.17, 15) is 39.5 Å². The Morgan fingerprint density at radius 1 is 0.943 bits per heavy atom. The van der Waals surface area contributed by atoms with E-state index in [1.54, 1.807) is 0 Å². The Kier molecular flexibility index (Phi) is 7.31. The topological polar surface area (TPSA) is 46.8 Å². The maximum absolute atomic E-state index is 13.4. The SMILES string of the molecule is CC1=C(C(F)(F)F)C=C(CN(Cc2cc(C(F)(F)F)cc(C(F)(F)F)c2)c2nnn(C)n2)C(Br)C1. The fraction of sp³-hybridized carbons (Fsp3) is 0.450. The predicted octanol–water partition coefficient (Wildman–Crippen LogP) is 6.23. The smallest absolute Gasteiger partial charge is 0.330 e. The van der Waals surface area contributed by atoms with E-state index in [-0.39, 0.29) is 41.7 Å². The first-order valence-corrected chi connectivity index (χ1v) is 10.8. The van der Waals surface area contributed by atoms with Crippen LogP contribution < -0.4 is 4.90 Å². The summed E-state index contributed by atoms with van der Waals surface area (Å²) in [6, 6.07) is 1.09. The van der Waals surface area contributed by atoms with Crippen LogP contribution in [0.4, 0.5) is 45.5 Å². The molecule has 1 aromatic carbocycles. The maximum atomic E-state index is 13.4. The highest BCUT2D eigenvalue weighted by Crippen LogP contribution is 2.39. The van der Waals surface area contributed by atoms with Crippen LogP contribution in [-0.4, -0.2) is 37.8 Å². The van der Waals surface area contributed by atoms with Crippen LogP contribution in [-0.2, 0) is 25.9 Å². The summed E-state index contributed by atoms with van der Waals surface area (Å²) < 4.78 is 120. The molecule has 2 aromatic rings. The van der Waals surface area contributed by atoms with Crippen molar-refractivity contribution in [1.82, 2.24) is 20.2 Å². The normalized spacial score (nSPS) is 17.6. The second-order valence-corrected chi connectivity index (χ2v) is 9.04. The molecule has 1 heterocycles.